The largest absolute Gasteiger partial charge is 0.378 e. The van der Waals surface area contributed by atoms with Crippen molar-refractivity contribution in [2.24, 2.45) is 0 Å². The zero-order valence-corrected chi connectivity index (χ0v) is 16.1. The number of ether oxygens (including phenoxy) is 2. The summed E-state index contributed by atoms with van der Waals surface area (Å²) >= 11 is 0. The first kappa shape index (κ1) is 18.6. The molecule has 2 fully saturated rings. The van der Waals surface area contributed by atoms with E-state index in [1.54, 1.807) is 0 Å². The summed E-state index contributed by atoms with van der Waals surface area (Å²) in [5.41, 5.74) is 2.65. The fourth-order valence-corrected chi connectivity index (χ4v) is 4.45. The van der Waals surface area contributed by atoms with Gasteiger partial charge in [-0.1, -0.05) is 49.2 Å². The van der Waals surface area contributed by atoms with Crippen LogP contribution in [0.25, 0.3) is 0 Å². The maximum atomic E-state index is 6.22. The number of hydrogen-bond donors (Lipinski definition) is 0. The standard InChI is InChI=1S/C23H30N2O2/c1-2-8-20(9-3-1)16-25-14-15-27-21(17-25)18-26-19-23(11-5-6-12-23)22-10-4-7-13-24-22/h1-4,7-10,13,21H,5-6,11-12,14-19H2. The van der Waals surface area contributed by atoms with Crippen molar-refractivity contribution in [3.63, 3.8) is 0 Å². The first-order chi connectivity index (χ1) is 13.3. The van der Waals surface area contributed by atoms with Gasteiger partial charge in [-0.25, -0.2) is 0 Å². The Kier molecular flexibility index (Phi) is 6.17. The molecule has 0 spiro atoms. The molecule has 1 saturated heterocycles. The molecule has 1 aromatic heterocycles. The van der Waals surface area contributed by atoms with Crippen molar-refractivity contribution in [3.8, 4) is 0 Å². The summed E-state index contributed by atoms with van der Waals surface area (Å²) in [4.78, 5) is 7.11. The van der Waals surface area contributed by atoms with Gasteiger partial charge in [0.25, 0.3) is 0 Å². The zero-order chi connectivity index (χ0) is 18.4. The van der Waals surface area contributed by atoms with Crippen LogP contribution in [0.3, 0.4) is 0 Å². The molecule has 0 amide bonds. The van der Waals surface area contributed by atoms with Gasteiger partial charge >= 0.3 is 0 Å². The molecule has 1 aliphatic carbocycles. The summed E-state index contributed by atoms with van der Waals surface area (Å²) in [5, 5.41) is 0. The van der Waals surface area contributed by atoms with E-state index in [-0.39, 0.29) is 11.5 Å². The van der Waals surface area contributed by atoms with Crippen LogP contribution in [0.4, 0.5) is 0 Å². The Labute approximate surface area is 162 Å². The van der Waals surface area contributed by atoms with Crippen LogP contribution in [-0.4, -0.2) is 48.9 Å². The quantitative estimate of drug-likeness (QED) is 0.746. The molecular weight excluding hydrogens is 336 g/mol. The number of rotatable bonds is 7. The van der Waals surface area contributed by atoms with E-state index < -0.39 is 0 Å². The highest BCUT2D eigenvalue weighted by atomic mass is 16.5. The summed E-state index contributed by atoms with van der Waals surface area (Å²) in [6.45, 7) is 5.11. The third-order valence-corrected chi connectivity index (χ3v) is 5.92. The molecule has 0 bridgehead atoms. The Hall–Kier alpha value is -1.75. The average molecular weight is 367 g/mol. The van der Waals surface area contributed by atoms with E-state index in [9.17, 15) is 0 Å². The monoisotopic (exact) mass is 366 g/mol. The highest BCUT2D eigenvalue weighted by Gasteiger charge is 2.37. The van der Waals surface area contributed by atoms with Crippen LogP contribution in [0, 0.1) is 0 Å². The van der Waals surface area contributed by atoms with E-state index >= 15 is 0 Å². The lowest BCUT2D eigenvalue weighted by Gasteiger charge is -2.34. The fraction of sp³-hybridized carbons (Fsp3) is 0.522. The van der Waals surface area contributed by atoms with E-state index in [4.69, 9.17) is 9.47 Å². The third kappa shape index (κ3) is 4.75. The summed E-state index contributed by atoms with van der Waals surface area (Å²) in [6, 6.07) is 16.9. The first-order valence-corrected chi connectivity index (χ1v) is 10.2. The van der Waals surface area contributed by atoms with Gasteiger partial charge in [-0.2, -0.15) is 0 Å². The molecule has 2 aromatic rings. The number of aromatic nitrogens is 1. The van der Waals surface area contributed by atoms with Gasteiger partial charge in [0, 0.05) is 36.9 Å². The maximum Gasteiger partial charge on any atom is 0.0935 e. The van der Waals surface area contributed by atoms with Crippen molar-refractivity contribution in [1.29, 1.82) is 0 Å². The molecule has 4 nitrogen and oxygen atoms in total. The maximum absolute atomic E-state index is 6.22. The Bertz CT molecular complexity index is 686. The molecule has 2 aliphatic rings. The lowest BCUT2D eigenvalue weighted by atomic mass is 9.83. The second-order valence-electron chi connectivity index (χ2n) is 7.93. The number of hydrogen-bond acceptors (Lipinski definition) is 4. The van der Waals surface area contributed by atoms with Crippen molar-refractivity contribution in [1.82, 2.24) is 9.88 Å². The smallest absolute Gasteiger partial charge is 0.0935 e. The van der Waals surface area contributed by atoms with Gasteiger partial charge in [-0.05, 0) is 30.5 Å². The van der Waals surface area contributed by atoms with Crippen LogP contribution in [0.1, 0.15) is 36.9 Å². The van der Waals surface area contributed by atoms with E-state index in [2.05, 4.69) is 52.3 Å². The lowest BCUT2D eigenvalue weighted by molar-refractivity contribution is -0.0773. The summed E-state index contributed by atoms with van der Waals surface area (Å²) < 4.78 is 12.2. The number of benzene rings is 1. The molecule has 1 aliphatic heterocycles. The zero-order valence-electron chi connectivity index (χ0n) is 16.1. The van der Waals surface area contributed by atoms with Crippen LogP contribution in [0.15, 0.2) is 54.7 Å². The average Bonchev–Trinajstić information content (AvgIpc) is 3.20. The molecule has 4 rings (SSSR count). The Morgan fingerprint density at radius 2 is 1.89 bits per heavy atom. The number of nitrogens with zero attached hydrogens (tertiary/aromatic N) is 2. The normalized spacial score (nSPS) is 22.7. The Balaban J connectivity index is 1.29. The molecule has 1 atom stereocenters. The predicted molar refractivity (Wildman–Crippen MR) is 107 cm³/mol. The predicted octanol–water partition coefficient (Wildman–Crippen LogP) is 3.81. The van der Waals surface area contributed by atoms with Gasteiger partial charge in [-0.15, -0.1) is 0 Å². The third-order valence-electron chi connectivity index (χ3n) is 5.92. The van der Waals surface area contributed by atoms with Gasteiger partial charge in [0.2, 0.25) is 0 Å². The van der Waals surface area contributed by atoms with Gasteiger partial charge in [0.05, 0.1) is 25.9 Å². The topological polar surface area (TPSA) is 34.6 Å². The van der Waals surface area contributed by atoms with Crippen LogP contribution in [-0.2, 0) is 21.4 Å². The summed E-state index contributed by atoms with van der Waals surface area (Å²) in [6.07, 6.45) is 6.95. The molecule has 0 N–H and O–H groups in total. The highest BCUT2D eigenvalue weighted by Crippen LogP contribution is 2.40. The molecule has 1 saturated carbocycles. The van der Waals surface area contributed by atoms with E-state index in [0.717, 1.165) is 32.8 Å². The Morgan fingerprint density at radius 1 is 1.07 bits per heavy atom. The summed E-state index contributed by atoms with van der Waals surface area (Å²) in [5.74, 6) is 0. The lowest BCUT2D eigenvalue weighted by Crippen LogP contribution is -2.44. The summed E-state index contributed by atoms with van der Waals surface area (Å²) in [7, 11) is 0. The van der Waals surface area contributed by atoms with Gasteiger partial charge in [0.15, 0.2) is 0 Å². The van der Waals surface area contributed by atoms with Gasteiger partial charge < -0.3 is 9.47 Å². The molecule has 0 radical (unpaired) electrons. The second kappa shape index (κ2) is 8.96. The van der Waals surface area contributed by atoms with Crippen LogP contribution in [0.5, 0.6) is 0 Å². The second-order valence-corrected chi connectivity index (χ2v) is 7.93. The van der Waals surface area contributed by atoms with E-state index in [1.165, 1.54) is 36.9 Å². The van der Waals surface area contributed by atoms with Crippen molar-refractivity contribution >= 4 is 0 Å². The Morgan fingerprint density at radius 3 is 2.67 bits per heavy atom. The molecular formula is C23H30N2O2. The van der Waals surface area contributed by atoms with Crippen molar-refractivity contribution in [2.45, 2.75) is 43.7 Å². The van der Waals surface area contributed by atoms with Crippen molar-refractivity contribution in [2.75, 3.05) is 32.9 Å². The molecule has 1 aromatic carbocycles. The molecule has 2 heterocycles. The molecule has 27 heavy (non-hydrogen) atoms. The molecule has 1 unspecified atom stereocenters. The van der Waals surface area contributed by atoms with E-state index in [0.29, 0.717) is 6.61 Å². The van der Waals surface area contributed by atoms with Crippen LogP contribution >= 0.6 is 0 Å². The molecule has 144 valence electrons. The minimum Gasteiger partial charge on any atom is -0.378 e. The van der Waals surface area contributed by atoms with Crippen LogP contribution < -0.4 is 0 Å². The van der Waals surface area contributed by atoms with Gasteiger partial charge in [-0.3, -0.25) is 9.88 Å². The molecule has 4 heteroatoms. The number of morpholine rings is 1. The fourth-order valence-electron chi connectivity index (χ4n) is 4.45. The number of pyridine rings is 1. The van der Waals surface area contributed by atoms with Gasteiger partial charge in [0.1, 0.15) is 0 Å². The SMILES string of the molecule is c1ccc(CN2CCOC(COCC3(c4ccccn4)CCCC3)C2)cc1. The minimum absolute atomic E-state index is 0.0969. The minimum atomic E-state index is 0.0969. The highest BCUT2D eigenvalue weighted by molar-refractivity contribution is 5.19. The first-order valence-electron chi connectivity index (χ1n) is 10.2. The van der Waals surface area contributed by atoms with Crippen molar-refractivity contribution < 1.29 is 9.47 Å². The van der Waals surface area contributed by atoms with E-state index in [1.807, 2.05) is 12.3 Å². The van der Waals surface area contributed by atoms with Crippen molar-refractivity contribution in [3.05, 3.63) is 66.0 Å². The van der Waals surface area contributed by atoms with Crippen LogP contribution in [0.2, 0.25) is 0 Å².